The maximum absolute atomic E-state index is 11.6. The summed E-state index contributed by atoms with van der Waals surface area (Å²) >= 11 is 1.90. The second kappa shape index (κ2) is 6.26. The van der Waals surface area contributed by atoms with E-state index in [1.807, 2.05) is 11.8 Å². The van der Waals surface area contributed by atoms with Gasteiger partial charge < -0.3 is 15.5 Å². The number of carbonyl (C=O) groups is 2. The third-order valence-electron chi connectivity index (χ3n) is 2.91. The van der Waals surface area contributed by atoms with E-state index in [-0.39, 0.29) is 12.5 Å². The lowest BCUT2D eigenvalue weighted by atomic mass is 9.98. The molecule has 0 aromatic rings. The summed E-state index contributed by atoms with van der Waals surface area (Å²) in [4.78, 5) is 22.2. The van der Waals surface area contributed by atoms with Crippen LogP contribution in [-0.2, 0) is 9.59 Å². The zero-order valence-corrected chi connectivity index (χ0v) is 10.8. The molecular weight excluding hydrogens is 242 g/mol. The molecule has 1 amide bonds. The number of hydrogen-bond acceptors (Lipinski definition) is 4. The lowest BCUT2D eigenvalue weighted by Gasteiger charge is -2.22. The van der Waals surface area contributed by atoms with Crippen molar-refractivity contribution >= 4 is 23.6 Å². The second-order valence-electron chi connectivity index (χ2n) is 4.62. The molecule has 5 nitrogen and oxygen atoms in total. The Labute approximate surface area is 105 Å². The van der Waals surface area contributed by atoms with Gasteiger partial charge >= 0.3 is 5.97 Å². The van der Waals surface area contributed by atoms with Gasteiger partial charge in [0.2, 0.25) is 5.91 Å². The molecule has 0 radical (unpaired) electrons. The molecule has 1 heterocycles. The monoisotopic (exact) mass is 261 g/mol. The highest BCUT2D eigenvalue weighted by Crippen LogP contribution is 2.25. The summed E-state index contributed by atoms with van der Waals surface area (Å²) < 4.78 is 0. The highest BCUT2D eigenvalue weighted by molar-refractivity contribution is 7.99. The van der Waals surface area contributed by atoms with E-state index in [2.05, 4.69) is 5.32 Å². The van der Waals surface area contributed by atoms with Crippen LogP contribution in [0.25, 0.3) is 0 Å². The van der Waals surface area contributed by atoms with Gasteiger partial charge in [0, 0.05) is 6.42 Å². The van der Waals surface area contributed by atoms with Gasteiger partial charge in [0.05, 0.1) is 6.54 Å². The summed E-state index contributed by atoms with van der Waals surface area (Å²) in [6.07, 6.45) is 2.50. The van der Waals surface area contributed by atoms with Crippen LogP contribution in [0.2, 0.25) is 0 Å². The zero-order valence-electron chi connectivity index (χ0n) is 9.94. The van der Waals surface area contributed by atoms with Crippen LogP contribution < -0.4 is 5.32 Å². The number of aliphatic carboxylic acids is 1. The molecule has 1 rings (SSSR count). The van der Waals surface area contributed by atoms with Crippen molar-refractivity contribution in [3.8, 4) is 0 Å². The van der Waals surface area contributed by atoms with E-state index in [0.717, 1.165) is 24.3 Å². The number of carboxylic acids is 1. The van der Waals surface area contributed by atoms with E-state index in [4.69, 9.17) is 5.11 Å². The Bertz CT molecular complexity index is 287. The number of thioether (sulfide) groups is 1. The lowest BCUT2D eigenvalue weighted by Crippen LogP contribution is -2.46. The number of amides is 1. The number of rotatable bonds is 5. The molecule has 17 heavy (non-hydrogen) atoms. The molecule has 1 unspecified atom stereocenters. The number of hydrogen-bond donors (Lipinski definition) is 3. The summed E-state index contributed by atoms with van der Waals surface area (Å²) in [5.41, 5.74) is -1.89. The van der Waals surface area contributed by atoms with Crippen molar-refractivity contribution in [1.82, 2.24) is 5.32 Å². The SMILES string of the molecule is CC(O)(CNC(=O)CC1CCSCC1)C(=O)O. The normalized spacial score (nSPS) is 20.6. The van der Waals surface area contributed by atoms with Crippen LogP contribution in [0.1, 0.15) is 26.2 Å². The Balaban J connectivity index is 2.27. The van der Waals surface area contributed by atoms with Gasteiger partial charge in [0.25, 0.3) is 0 Å². The molecule has 0 aromatic carbocycles. The third-order valence-corrected chi connectivity index (χ3v) is 3.95. The molecule has 6 heteroatoms. The van der Waals surface area contributed by atoms with E-state index in [1.165, 1.54) is 6.92 Å². The Kier molecular flexibility index (Phi) is 5.27. The topological polar surface area (TPSA) is 86.6 Å². The van der Waals surface area contributed by atoms with Crippen molar-refractivity contribution < 1.29 is 19.8 Å². The number of carboxylic acid groups (broad SMARTS) is 1. The quantitative estimate of drug-likeness (QED) is 0.670. The maximum atomic E-state index is 11.6. The van der Waals surface area contributed by atoms with Gasteiger partial charge in [-0.25, -0.2) is 4.79 Å². The maximum Gasteiger partial charge on any atom is 0.337 e. The van der Waals surface area contributed by atoms with Gasteiger partial charge in [-0.3, -0.25) is 4.79 Å². The Morgan fingerprint density at radius 1 is 1.41 bits per heavy atom. The molecule has 0 saturated carbocycles. The first kappa shape index (κ1) is 14.3. The molecule has 98 valence electrons. The van der Waals surface area contributed by atoms with Gasteiger partial charge in [-0.2, -0.15) is 11.8 Å². The highest BCUT2D eigenvalue weighted by atomic mass is 32.2. The van der Waals surface area contributed by atoms with Gasteiger partial charge in [-0.05, 0) is 37.2 Å². The molecule has 1 saturated heterocycles. The average Bonchev–Trinajstić information content (AvgIpc) is 2.28. The summed E-state index contributed by atoms with van der Waals surface area (Å²) in [6.45, 7) is 0.926. The van der Waals surface area contributed by atoms with Crippen LogP contribution in [0.5, 0.6) is 0 Å². The van der Waals surface area contributed by atoms with Gasteiger partial charge in [-0.1, -0.05) is 0 Å². The molecule has 3 N–H and O–H groups in total. The van der Waals surface area contributed by atoms with Crippen LogP contribution in [0, 0.1) is 5.92 Å². The average molecular weight is 261 g/mol. The van der Waals surface area contributed by atoms with Crippen molar-refractivity contribution in [3.05, 3.63) is 0 Å². The largest absolute Gasteiger partial charge is 0.479 e. The van der Waals surface area contributed by atoms with E-state index >= 15 is 0 Å². The van der Waals surface area contributed by atoms with Gasteiger partial charge in [-0.15, -0.1) is 0 Å². The minimum Gasteiger partial charge on any atom is -0.479 e. The number of nitrogens with one attached hydrogen (secondary N) is 1. The molecular formula is C11H19NO4S. The second-order valence-corrected chi connectivity index (χ2v) is 5.84. The molecule has 0 aromatic heterocycles. The van der Waals surface area contributed by atoms with E-state index in [1.54, 1.807) is 0 Å². The molecule has 1 fully saturated rings. The fraction of sp³-hybridized carbons (Fsp3) is 0.818. The summed E-state index contributed by atoms with van der Waals surface area (Å²) in [5.74, 6) is 1.07. The Morgan fingerprint density at radius 3 is 2.53 bits per heavy atom. The zero-order chi connectivity index (χ0) is 12.9. The van der Waals surface area contributed by atoms with Crippen molar-refractivity contribution in [2.45, 2.75) is 31.8 Å². The van der Waals surface area contributed by atoms with Gasteiger partial charge in [0.15, 0.2) is 5.60 Å². The van der Waals surface area contributed by atoms with Crippen molar-refractivity contribution in [2.24, 2.45) is 5.92 Å². The van der Waals surface area contributed by atoms with Crippen molar-refractivity contribution in [1.29, 1.82) is 0 Å². The minimum atomic E-state index is -1.89. The van der Waals surface area contributed by atoms with Gasteiger partial charge in [0.1, 0.15) is 0 Å². The summed E-state index contributed by atoms with van der Waals surface area (Å²) in [7, 11) is 0. The van der Waals surface area contributed by atoms with Crippen LogP contribution in [-0.4, -0.2) is 45.7 Å². The fourth-order valence-corrected chi connectivity index (χ4v) is 2.84. The Hall–Kier alpha value is -0.750. The molecule has 1 aliphatic heterocycles. The first-order valence-corrected chi connectivity index (χ1v) is 6.87. The number of carbonyl (C=O) groups excluding carboxylic acids is 1. The van der Waals surface area contributed by atoms with E-state index < -0.39 is 11.6 Å². The van der Waals surface area contributed by atoms with Crippen LogP contribution in [0.3, 0.4) is 0 Å². The van der Waals surface area contributed by atoms with Crippen LogP contribution in [0.15, 0.2) is 0 Å². The smallest absolute Gasteiger partial charge is 0.337 e. The first-order valence-electron chi connectivity index (χ1n) is 5.72. The molecule has 0 spiro atoms. The molecule has 1 aliphatic rings. The standard InChI is InChI=1S/C11H19NO4S/c1-11(16,10(14)15)7-12-9(13)6-8-2-4-17-5-3-8/h8,16H,2-7H2,1H3,(H,12,13)(H,14,15). The van der Waals surface area contributed by atoms with Crippen LogP contribution in [0.4, 0.5) is 0 Å². The predicted molar refractivity (Wildman–Crippen MR) is 65.9 cm³/mol. The molecule has 0 bridgehead atoms. The summed E-state index contributed by atoms with van der Waals surface area (Å²) in [6, 6.07) is 0. The highest BCUT2D eigenvalue weighted by Gasteiger charge is 2.30. The first-order chi connectivity index (χ1) is 7.92. The number of aliphatic hydroxyl groups is 1. The van der Waals surface area contributed by atoms with Crippen molar-refractivity contribution in [3.63, 3.8) is 0 Å². The predicted octanol–water partition coefficient (Wildman–Crippen LogP) is 0.471. The third kappa shape index (κ3) is 4.95. The fourth-order valence-electron chi connectivity index (χ4n) is 1.63. The van der Waals surface area contributed by atoms with E-state index in [0.29, 0.717) is 12.3 Å². The lowest BCUT2D eigenvalue weighted by molar-refractivity contribution is -0.156. The Morgan fingerprint density at radius 2 is 2.00 bits per heavy atom. The minimum absolute atomic E-state index is 0.177. The van der Waals surface area contributed by atoms with E-state index in [9.17, 15) is 14.7 Å². The van der Waals surface area contributed by atoms with Crippen molar-refractivity contribution in [2.75, 3.05) is 18.1 Å². The van der Waals surface area contributed by atoms with Crippen LogP contribution >= 0.6 is 11.8 Å². The molecule has 1 atom stereocenters. The molecule has 0 aliphatic carbocycles. The summed E-state index contributed by atoms with van der Waals surface area (Å²) in [5, 5.41) is 20.6.